The van der Waals surface area contributed by atoms with Crippen LogP contribution in [0.3, 0.4) is 0 Å². The quantitative estimate of drug-likeness (QED) is 0.157. The third kappa shape index (κ3) is 6.37. The van der Waals surface area contributed by atoms with Gasteiger partial charge in [0.25, 0.3) is 17.0 Å². The Bertz CT molecular complexity index is 2780. The summed E-state index contributed by atoms with van der Waals surface area (Å²) in [6.07, 6.45) is 0.436. The van der Waals surface area contributed by atoms with Gasteiger partial charge in [-0.25, -0.2) is 0 Å². The Hall–Kier alpha value is -6.99. The highest BCUT2D eigenvalue weighted by molar-refractivity contribution is 6.03. The number of hydrogen-bond donors (Lipinski definition) is 2. The summed E-state index contributed by atoms with van der Waals surface area (Å²) < 4.78 is 3.47. The molecular weight excluding hydrogens is 671 g/mol. The van der Waals surface area contributed by atoms with E-state index in [-0.39, 0.29) is 35.9 Å². The second kappa shape index (κ2) is 14.6. The van der Waals surface area contributed by atoms with Gasteiger partial charge >= 0.3 is 0 Å². The molecule has 0 saturated carbocycles. The zero-order valence-corrected chi connectivity index (χ0v) is 29.7. The van der Waals surface area contributed by atoms with Crippen LogP contribution in [0.4, 0.5) is 0 Å². The van der Waals surface area contributed by atoms with Crippen molar-refractivity contribution in [1.29, 1.82) is 0 Å². The Balaban J connectivity index is 1.25. The van der Waals surface area contributed by atoms with Crippen molar-refractivity contribution >= 4 is 27.6 Å². The first-order valence-corrected chi connectivity index (χ1v) is 17.9. The Morgan fingerprint density at radius 3 is 1.96 bits per heavy atom. The summed E-state index contributed by atoms with van der Waals surface area (Å²) in [4.78, 5) is 41.4. The largest absolute Gasteiger partial charge is 0.508 e. The van der Waals surface area contributed by atoms with E-state index in [0.29, 0.717) is 28.5 Å². The molecule has 6 aromatic carbocycles. The van der Waals surface area contributed by atoms with Crippen molar-refractivity contribution in [2.45, 2.75) is 26.4 Å². The summed E-state index contributed by atoms with van der Waals surface area (Å²) in [7, 11) is 0. The minimum absolute atomic E-state index is 0.00978. The molecule has 2 heterocycles. The lowest BCUT2D eigenvalue weighted by molar-refractivity contribution is 0.0951. The average molecular weight is 708 g/mol. The normalized spacial score (nSPS) is 11.2. The van der Waals surface area contributed by atoms with Crippen molar-refractivity contribution < 1.29 is 9.90 Å². The standard InChI is InChI=1S/C47H37N3O4/c1-31-28-42(52)49(45-37(31)24-25-41(51)40(45)30-48-46(53)35-18-10-4-11-19-35)27-26-32-22-23-38-39(29-32)47(54)50(36-20-12-5-13-21-36)44(34-16-8-3-9-17-34)43(38)33-14-6-2-7-15-33/h2-25,28-29,51H,26-27,30H2,1H3,(H,48,53). The van der Waals surface area contributed by atoms with Crippen LogP contribution in [0.1, 0.15) is 27.0 Å². The fraction of sp³-hybridized carbons (Fsp3) is 0.0851. The predicted octanol–water partition coefficient (Wildman–Crippen LogP) is 8.83. The smallest absolute Gasteiger partial charge is 0.263 e. The van der Waals surface area contributed by atoms with Gasteiger partial charge in [-0.15, -0.1) is 0 Å². The van der Waals surface area contributed by atoms with Crippen molar-refractivity contribution in [2.24, 2.45) is 0 Å². The Morgan fingerprint density at radius 1 is 0.667 bits per heavy atom. The van der Waals surface area contributed by atoms with Gasteiger partial charge in [0.15, 0.2) is 0 Å². The molecule has 0 saturated heterocycles. The molecule has 0 aliphatic heterocycles. The van der Waals surface area contributed by atoms with Crippen LogP contribution in [0.25, 0.3) is 49.7 Å². The van der Waals surface area contributed by atoms with Crippen molar-refractivity contribution in [1.82, 2.24) is 14.5 Å². The van der Waals surface area contributed by atoms with Gasteiger partial charge in [0.1, 0.15) is 5.75 Å². The number of hydrogen-bond acceptors (Lipinski definition) is 4. The van der Waals surface area contributed by atoms with Crippen LogP contribution in [0.15, 0.2) is 167 Å². The van der Waals surface area contributed by atoms with E-state index in [1.807, 2.05) is 110 Å². The van der Waals surface area contributed by atoms with Crippen molar-refractivity contribution in [3.8, 4) is 33.8 Å². The van der Waals surface area contributed by atoms with E-state index >= 15 is 0 Å². The summed E-state index contributed by atoms with van der Waals surface area (Å²) in [6.45, 7) is 2.18. The lowest BCUT2D eigenvalue weighted by Gasteiger charge is -2.21. The summed E-state index contributed by atoms with van der Waals surface area (Å²) in [5.74, 6) is -0.291. The fourth-order valence-corrected chi connectivity index (χ4v) is 7.39. The number of nitrogens with one attached hydrogen (secondary N) is 1. The molecule has 7 heteroatoms. The molecule has 1 amide bonds. The minimum atomic E-state index is -0.281. The average Bonchev–Trinajstić information content (AvgIpc) is 3.21. The summed E-state index contributed by atoms with van der Waals surface area (Å²) in [5.41, 5.74) is 7.26. The first kappa shape index (κ1) is 34.1. The molecule has 8 aromatic rings. The second-order valence-electron chi connectivity index (χ2n) is 13.4. The molecule has 0 fully saturated rings. The van der Waals surface area contributed by atoms with Gasteiger partial charge in [-0.1, -0.05) is 109 Å². The third-order valence-corrected chi connectivity index (χ3v) is 10.0. The lowest BCUT2D eigenvalue weighted by Crippen LogP contribution is -2.26. The number of para-hydroxylation sites is 1. The number of phenolic OH excluding ortho intramolecular Hbond substituents is 1. The van der Waals surface area contributed by atoms with Crippen LogP contribution in [0, 0.1) is 6.92 Å². The van der Waals surface area contributed by atoms with E-state index in [1.54, 1.807) is 51.6 Å². The number of carbonyl (C=O) groups is 1. The van der Waals surface area contributed by atoms with E-state index in [4.69, 9.17) is 0 Å². The number of benzene rings is 6. The van der Waals surface area contributed by atoms with Crippen molar-refractivity contribution in [2.75, 3.05) is 0 Å². The SMILES string of the molecule is Cc1cc(=O)n(CCc2ccc3c(-c4ccccc4)c(-c4ccccc4)n(-c4ccccc4)c(=O)c3c2)c2c(CNC(=O)c3ccccc3)c(O)ccc12. The van der Waals surface area contributed by atoms with Crippen LogP contribution in [-0.4, -0.2) is 20.1 Å². The Labute approximate surface area is 312 Å². The van der Waals surface area contributed by atoms with Gasteiger partial charge in [0, 0.05) is 52.3 Å². The van der Waals surface area contributed by atoms with Gasteiger partial charge in [0.05, 0.1) is 11.2 Å². The van der Waals surface area contributed by atoms with Crippen LogP contribution in [-0.2, 0) is 19.5 Å². The number of amides is 1. The topological polar surface area (TPSA) is 93.3 Å². The van der Waals surface area contributed by atoms with E-state index in [0.717, 1.165) is 50.0 Å². The molecule has 264 valence electrons. The maximum absolute atomic E-state index is 14.8. The number of phenols is 1. The molecule has 0 unspecified atom stereocenters. The molecule has 2 aromatic heterocycles. The summed E-state index contributed by atoms with van der Waals surface area (Å²) in [6, 6.07) is 49.7. The molecule has 0 bridgehead atoms. The van der Waals surface area contributed by atoms with Crippen molar-refractivity contribution in [3.63, 3.8) is 0 Å². The number of rotatable bonds is 9. The molecule has 54 heavy (non-hydrogen) atoms. The van der Waals surface area contributed by atoms with E-state index in [9.17, 15) is 19.5 Å². The zero-order valence-electron chi connectivity index (χ0n) is 29.7. The molecule has 0 aliphatic rings. The second-order valence-corrected chi connectivity index (χ2v) is 13.4. The number of carbonyl (C=O) groups excluding carboxylic acids is 1. The maximum atomic E-state index is 14.8. The highest BCUT2D eigenvalue weighted by Crippen LogP contribution is 2.38. The van der Waals surface area contributed by atoms with Crippen LogP contribution >= 0.6 is 0 Å². The summed E-state index contributed by atoms with van der Waals surface area (Å²) >= 11 is 0. The van der Waals surface area contributed by atoms with Gasteiger partial charge in [-0.2, -0.15) is 0 Å². The first-order valence-electron chi connectivity index (χ1n) is 17.9. The lowest BCUT2D eigenvalue weighted by atomic mass is 9.92. The van der Waals surface area contributed by atoms with Gasteiger partial charge in [-0.3, -0.25) is 19.0 Å². The Kier molecular flexibility index (Phi) is 9.20. The van der Waals surface area contributed by atoms with Crippen LogP contribution in [0.5, 0.6) is 5.75 Å². The molecule has 0 radical (unpaired) electrons. The molecule has 8 rings (SSSR count). The predicted molar refractivity (Wildman–Crippen MR) is 216 cm³/mol. The third-order valence-electron chi connectivity index (χ3n) is 10.0. The molecule has 0 spiro atoms. The number of fused-ring (bicyclic) bond motifs is 2. The molecule has 0 atom stereocenters. The van der Waals surface area contributed by atoms with E-state index < -0.39 is 0 Å². The van der Waals surface area contributed by atoms with Gasteiger partial charge in [0.2, 0.25) is 0 Å². The number of aromatic nitrogens is 2. The molecule has 2 N–H and O–H groups in total. The van der Waals surface area contributed by atoms with Gasteiger partial charge in [-0.05, 0) is 83.4 Å². The van der Waals surface area contributed by atoms with Crippen LogP contribution in [0.2, 0.25) is 0 Å². The van der Waals surface area contributed by atoms with Crippen molar-refractivity contribution in [3.05, 3.63) is 201 Å². The molecular formula is C47H37N3O4. The molecule has 7 nitrogen and oxygen atoms in total. The number of aromatic hydroxyl groups is 1. The summed E-state index contributed by atoms with van der Waals surface area (Å²) in [5, 5.41) is 16.2. The highest BCUT2D eigenvalue weighted by Gasteiger charge is 2.22. The fourth-order valence-electron chi connectivity index (χ4n) is 7.39. The maximum Gasteiger partial charge on any atom is 0.263 e. The molecule has 0 aliphatic carbocycles. The Morgan fingerprint density at radius 2 is 1.28 bits per heavy atom. The monoisotopic (exact) mass is 707 g/mol. The first-order chi connectivity index (χ1) is 26.4. The highest BCUT2D eigenvalue weighted by atomic mass is 16.3. The number of pyridine rings is 2. The number of nitrogens with zero attached hydrogens (tertiary/aromatic N) is 2. The van der Waals surface area contributed by atoms with Gasteiger partial charge < -0.3 is 15.0 Å². The zero-order chi connectivity index (χ0) is 37.2. The minimum Gasteiger partial charge on any atom is -0.508 e. The van der Waals surface area contributed by atoms with E-state index in [1.165, 1.54) is 0 Å². The number of aryl methyl sites for hydroxylation is 3. The van der Waals surface area contributed by atoms with Crippen LogP contribution < -0.4 is 16.4 Å². The van der Waals surface area contributed by atoms with E-state index in [2.05, 4.69) is 17.4 Å².